The lowest BCUT2D eigenvalue weighted by molar-refractivity contribution is -0.126. The van der Waals surface area contributed by atoms with Gasteiger partial charge in [0.15, 0.2) is 0 Å². The minimum atomic E-state index is -0.142. The lowest BCUT2D eigenvalue weighted by Crippen LogP contribution is -2.53. The second-order valence-electron chi connectivity index (χ2n) is 6.85. The van der Waals surface area contributed by atoms with Crippen molar-refractivity contribution in [3.05, 3.63) is 64.7 Å². The van der Waals surface area contributed by atoms with Gasteiger partial charge in [-0.2, -0.15) is 0 Å². The van der Waals surface area contributed by atoms with Gasteiger partial charge in [0.1, 0.15) is 0 Å². The first-order valence-electron chi connectivity index (χ1n) is 9.11. The highest BCUT2D eigenvalue weighted by Gasteiger charge is 2.25. The Morgan fingerprint density at radius 1 is 1.12 bits per heavy atom. The summed E-state index contributed by atoms with van der Waals surface area (Å²) in [6.45, 7) is 8.20. The highest BCUT2D eigenvalue weighted by Crippen LogP contribution is 2.19. The van der Waals surface area contributed by atoms with Gasteiger partial charge in [0.25, 0.3) is 0 Å². The number of piperazine rings is 1. The average molecular weight is 372 g/mol. The van der Waals surface area contributed by atoms with Crippen LogP contribution in [0.4, 0.5) is 5.69 Å². The van der Waals surface area contributed by atoms with Gasteiger partial charge >= 0.3 is 0 Å². The summed E-state index contributed by atoms with van der Waals surface area (Å²) in [7, 11) is 0. The number of anilines is 1. The number of aryl methyl sites for hydroxylation is 1. The van der Waals surface area contributed by atoms with Crippen molar-refractivity contribution in [3.63, 3.8) is 0 Å². The molecular weight excluding hydrogens is 346 g/mol. The van der Waals surface area contributed by atoms with E-state index in [2.05, 4.69) is 46.3 Å². The van der Waals surface area contributed by atoms with Crippen molar-refractivity contribution in [1.82, 2.24) is 10.2 Å². The Morgan fingerprint density at radius 3 is 2.54 bits per heavy atom. The van der Waals surface area contributed by atoms with Crippen molar-refractivity contribution in [1.29, 1.82) is 0 Å². The van der Waals surface area contributed by atoms with Gasteiger partial charge in [0, 0.05) is 43.4 Å². The van der Waals surface area contributed by atoms with Crippen LogP contribution in [-0.2, 0) is 11.3 Å². The van der Waals surface area contributed by atoms with Crippen LogP contribution in [0.25, 0.3) is 0 Å². The summed E-state index contributed by atoms with van der Waals surface area (Å²) in [6, 6.07) is 16.1. The van der Waals surface area contributed by atoms with Crippen LogP contribution in [0.5, 0.6) is 0 Å². The molecule has 1 aliphatic rings. The molecule has 4 nitrogen and oxygen atoms in total. The van der Waals surface area contributed by atoms with Crippen LogP contribution < -0.4 is 10.2 Å². The van der Waals surface area contributed by atoms with E-state index in [9.17, 15) is 4.79 Å². The van der Waals surface area contributed by atoms with Crippen molar-refractivity contribution in [2.24, 2.45) is 0 Å². The van der Waals surface area contributed by atoms with Gasteiger partial charge < -0.3 is 10.2 Å². The van der Waals surface area contributed by atoms with E-state index in [4.69, 9.17) is 11.6 Å². The Hall–Kier alpha value is -2.04. The third-order valence-electron chi connectivity index (χ3n) is 5.02. The van der Waals surface area contributed by atoms with Crippen molar-refractivity contribution in [2.45, 2.75) is 26.4 Å². The molecule has 1 aliphatic heterocycles. The lowest BCUT2D eigenvalue weighted by atomic mass is 10.1. The summed E-state index contributed by atoms with van der Waals surface area (Å²) in [5.41, 5.74) is 3.48. The van der Waals surface area contributed by atoms with Crippen LogP contribution in [0, 0.1) is 6.92 Å². The second-order valence-corrected chi connectivity index (χ2v) is 7.25. The fourth-order valence-corrected chi connectivity index (χ4v) is 3.53. The number of amides is 1. The summed E-state index contributed by atoms with van der Waals surface area (Å²) in [6.07, 6.45) is 0. The van der Waals surface area contributed by atoms with Crippen LogP contribution in [-0.4, -0.2) is 43.0 Å². The molecule has 0 radical (unpaired) electrons. The summed E-state index contributed by atoms with van der Waals surface area (Å²) < 4.78 is 0. The fraction of sp³-hybridized carbons (Fsp3) is 0.381. The summed E-state index contributed by atoms with van der Waals surface area (Å²) >= 11 is 6.15. The fourth-order valence-electron chi connectivity index (χ4n) is 3.33. The third kappa shape index (κ3) is 4.57. The first-order chi connectivity index (χ1) is 12.5. The molecular formula is C21H26ClN3O. The van der Waals surface area contributed by atoms with E-state index in [-0.39, 0.29) is 11.9 Å². The number of halogens is 1. The van der Waals surface area contributed by atoms with Crippen LogP contribution >= 0.6 is 11.6 Å². The van der Waals surface area contributed by atoms with Gasteiger partial charge in [0.2, 0.25) is 5.91 Å². The zero-order valence-electron chi connectivity index (χ0n) is 15.4. The molecule has 0 spiro atoms. The van der Waals surface area contributed by atoms with E-state index >= 15 is 0 Å². The zero-order chi connectivity index (χ0) is 18.5. The maximum Gasteiger partial charge on any atom is 0.237 e. The van der Waals surface area contributed by atoms with Gasteiger partial charge in [-0.05, 0) is 43.2 Å². The molecule has 0 aromatic heterocycles. The number of benzene rings is 2. The largest absolute Gasteiger partial charge is 0.369 e. The van der Waals surface area contributed by atoms with Crippen LogP contribution in [0.15, 0.2) is 48.5 Å². The van der Waals surface area contributed by atoms with Gasteiger partial charge in [-0.15, -0.1) is 0 Å². The van der Waals surface area contributed by atoms with Gasteiger partial charge in [-0.3, -0.25) is 9.69 Å². The molecule has 2 aromatic carbocycles. The molecule has 0 saturated carbocycles. The number of hydrogen-bond acceptors (Lipinski definition) is 3. The van der Waals surface area contributed by atoms with Crippen LogP contribution in [0.1, 0.15) is 18.1 Å². The predicted octanol–water partition coefficient (Wildman–Crippen LogP) is 3.48. The topological polar surface area (TPSA) is 35.6 Å². The Morgan fingerprint density at radius 2 is 1.85 bits per heavy atom. The molecule has 1 atom stereocenters. The predicted molar refractivity (Wildman–Crippen MR) is 108 cm³/mol. The molecule has 2 aromatic rings. The van der Waals surface area contributed by atoms with E-state index in [1.165, 1.54) is 11.3 Å². The zero-order valence-corrected chi connectivity index (χ0v) is 16.2. The summed E-state index contributed by atoms with van der Waals surface area (Å²) in [5.74, 6) is 0.0499. The number of hydrogen-bond donors (Lipinski definition) is 1. The quantitative estimate of drug-likeness (QED) is 0.874. The molecule has 1 N–H and O–H groups in total. The highest BCUT2D eigenvalue weighted by molar-refractivity contribution is 6.31. The van der Waals surface area contributed by atoms with Crippen molar-refractivity contribution >= 4 is 23.2 Å². The molecule has 1 amide bonds. The van der Waals surface area contributed by atoms with E-state index in [1.807, 2.05) is 31.2 Å². The molecule has 1 heterocycles. The Balaban J connectivity index is 1.50. The molecule has 3 rings (SSSR count). The Kier molecular flexibility index (Phi) is 6.17. The van der Waals surface area contributed by atoms with Crippen molar-refractivity contribution in [3.8, 4) is 0 Å². The molecule has 26 heavy (non-hydrogen) atoms. The number of carbonyl (C=O) groups excluding carboxylic acids is 1. The monoisotopic (exact) mass is 371 g/mol. The molecule has 0 aliphatic carbocycles. The third-order valence-corrected chi connectivity index (χ3v) is 5.39. The number of rotatable bonds is 5. The Labute approximate surface area is 160 Å². The number of carbonyl (C=O) groups is 1. The lowest BCUT2D eigenvalue weighted by Gasteiger charge is -2.38. The summed E-state index contributed by atoms with van der Waals surface area (Å²) in [5, 5.41) is 3.70. The standard InChI is InChI=1S/C21H26ClN3O/c1-16-6-5-8-19(14-16)25-12-10-24(11-13-25)17(2)21(26)23-15-18-7-3-4-9-20(18)22/h3-9,14,17H,10-13,15H2,1-2H3,(H,23,26). The number of nitrogens with one attached hydrogen (secondary N) is 1. The maximum absolute atomic E-state index is 12.5. The van der Waals surface area contributed by atoms with E-state index in [1.54, 1.807) is 0 Å². The molecule has 1 saturated heterocycles. The minimum absolute atomic E-state index is 0.0499. The normalized spacial score (nSPS) is 16.3. The van der Waals surface area contributed by atoms with Gasteiger partial charge in [-0.1, -0.05) is 41.9 Å². The minimum Gasteiger partial charge on any atom is -0.369 e. The molecule has 1 fully saturated rings. The first-order valence-corrected chi connectivity index (χ1v) is 9.49. The molecule has 0 bridgehead atoms. The second kappa shape index (κ2) is 8.56. The number of nitrogens with zero attached hydrogens (tertiary/aromatic N) is 2. The van der Waals surface area contributed by atoms with Gasteiger partial charge in [0.05, 0.1) is 6.04 Å². The van der Waals surface area contributed by atoms with E-state index in [0.717, 1.165) is 31.7 Å². The van der Waals surface area contributed by atoms with Crippen molar-refractivity contribution < 1.29 is 4.79 Å². The van der Waals surface area contributed by atoms with Gasteiger partial charge in [-0.25, -0.2) is 0 Å². The first kappa shape index (κ1) is 18.7. The van der Waals surface area contributed by atoms with Crippen LogP contribution in [0.2, 0.25) is 5.02 Å². The molecule has 1 unspecified atom stereocenters. The van der Waals surface area contributed by atoms with Crippen molar-refractivity contribution in [2.75, 3.05) is 31.1 Å². The maximum atomic E-state index is 12.5. The average Bonchev–Trinajstić information content (AvgIpc) is 2.66. The SMILES string of the molecule is Cc1cccc(N2CCN(C(C)C(=O)NCc3ccccc3Cl)CC2)c1. The Bertz CT molecular complexity index is 756. The smallest absolute Gasteiger partial charge is 0.237 e. The highest BCUT2D eigenvalue weighted by atomic mass is 35.5. The molecule has 138 valence electrons. The van der Waals surface area contributed by atoms with E-state index in [0.29, 0.717) is 11.6 Å². The molecule has 5 heteroatoms. The summed E-state index contributed by atoms with van der Waals surface area (Å²) in [4.78, 5) is 17.1. The van der Waals surface area contributed by atoms with Crippen LogP contribution in [0.3, 0.4) is 0 Å². The van der Waals surface area contributed by atoms with E-state index < -0.39 is 0 Å².